The van der Waals surface area contributed by atoms with Gasteiger partial charge in [0.05, 0.1) is 18.8 Å². The summed E-state index contributed by atoms with van der Waals surface area (Å²) >= 11 is 0. The van der Waals surface area contributed by atoms with Gasteiger partial charge in [0.2, 0.25) is 0 Å². The lowest BCUT2D eigenvalue weighted by Gasteiger charge is -2.24. The summed E-state index contributed by atoms with van der Waals surface area (Å²) in [4.78, 5) is 29.1. The summed E-state index contributed by atoms with van der Waals surface area (Å²) in [6.45, 7) is 10.2. The van der Waals surface area contributed by atoms with Gasteiger partial charge in [0.1, 0.15) is 11.3 Å². The molecule has 108 valence electrons. The van der Waals surface area contributed by atoms with Gasteiger partial charge in [0, 0.05) is 0 Å². The number of hydrogen-bond donors (Lipinski definition) is 0. The van der Waals surface area contributed by atoms with Gasteiger partial charge in [-0.2, -0.15) is 0 Å². The van der Waals surface area contributed by atoms with Gasteiger partial charge in [-0.1, -0.05) is 0 Å². The van der Waals surface area contributed by atoms with Crippen molar-refractivity contribution < 1.29 is 14.3 Å². The van der Waals surface area contributed by atoms with Crippen LogP contribution in [0.25, 0.3) is 0 Å². The van der Waals surface area contributed by atoms with Crippen molar-refractivity contribution in [3.63, 3.8) is 0 Å². The third-order valence-electron chi connectivity index (χ3n) is 3.46. The van der Waals surface area contributed by atoms with Gasteiger partial charge in [-0.05, 0) is 51.3 Å². The van der Waals surface area contributed by atoms with E-state index in [4.69, 9.17) is 4.74 Å². The molecule has 1 aliphatic heterocycles. The van der Waals surface area contributed by atoms with E-state index in [1.54, 1.807) is 4.90 Å². The summed E-state index contributed by atoms with van der Waals surface area (Å²) in [5.41, 5.74) is 3.67. The van der Waals surface area contributed by atoms with E-state index >= 15 is 0 Å². The quantitative estimate of drug-likeness (QED) is 0.740. The minimum absolute atomic E-state index is 0.347. The Hall–Kier alpha value is -1.91. The molecule has 0 unspecified atom stereocenters. The molecule has 2 heterocycles. The Kier molecular flexibility index (Phi) is 3.54. The van der Waals surface area contributed by atoms with E-state index < -0.39 is 5.60 Å². The smallest absolute Gasteiger partial charge is 0.410 e. The monoisotopic (exact) mass is 276 g/mol. The molecule has 0 saturated heterocycles. The second-order valence-electron chi connectivity index (χ2n) is 6.13. The van der Waals surface area contributed by atoms with Crippen molar-refractivity contribution in [3.05, 3.63) is 28.1 Å². The Balaban J connectivity index is 2.26. The number of pyridine rings is 1. The number of aldehydes is 1. The molecule has 1 aliphatic rings. The minimum Gasteiger partial charge on any atom is -0.444 e. The third-order valence-corrected chi connectivity index (χ3v) is 3.46. The molecule has 20 heavy (non-hydrogen) atoms. The van der Waals surface area contributed by atoms with Crippen molar-refractivity contribution in [1.82, 2.24) is 9.88 Å². The zero-order chi connectivity index (χ0) is 15.1. The highest BCUT2D eigenvalue weighted by atomic mass is 16.6. The Morgan fingerprint density at radius 1 is 1.25 bits per heavy atom. The first kappa shape index (κ1) is 14.5. The Labute approximate surface area is 118 Å². The lowest BCUT2D eigenvalue weighted by Crippen LogP contribution is -2.33. The largest absolute Gasteiger partial charge is 0.444 e. The molecule has 1 aromatic heterocycles. The zero-order valence-electron chi connectivity index (χ0n) is 12.6. The van der Waals surface area contributed by atoms with Gasteiger partial charge in [0.25, 0.3) is 0 Å². The third kappa shape index (κ3) is 2.66. The molecule has 0 atom stereocenters. The Morgan fingerprint density at radius 3 is 2.45 bits per heavy atom. The number of rotatable bonds is 1. The molecule has 0 N–H and O–H groups in total. The van der Waals surface area contributed by atoms with Crippen LogP contribution in [-0.2, 0) is 17.8 Å². The molecule has 0 aliphatic carbocycles. The van der Waals surface area contributed by atoms with Crippen molar-refractivity contribution in [3.8, 4) is 0 Å². The molecule has 0 radical (unpaired) electrons. The molecule has 0 aromatic carbocycles. The predicted octanol–water partition coefficient (Wildman–Crippen LogP) is 2.76. The average Bonchev–Trinajstić information content (AvgIpc) is 2.75. The number of nitrogens with zero attached hydrogens (tertiary/aromatic N) is 2. The molecule has 0 bridgehead atoms. The number of hydrogen-bond acceptors (Lipinski definition) is 4. The van der Waals surface area contributed by atoms with Crippen LogP contribution in [0.3, 0.4) is 0 Å². The first-order valence-corrected chi connectivity index (χ1v) is 6.65. The fraction of sp³-hybridized carbons (Fsp3) is 0.533. The average molecular weight is 276 g/mol. The molecular weight excluding hydrogens is 256 g/mol. The minimum atomic E-state index is -0.516. The maximum Gasteiger partial charge on any atom is 0.410 e. The van der Waals surface area contributed by atoms with Crippen LogP contribution >= 0.6 is 0 Å². The van der Waals surface area contributed by atoms with E-state index in [-0.39, 0.29) is 6.09 Å². The summed E-state index contributed by atoms with van der Waals surface area (Å²) in [5, 5.41) is 0. The second-order valence-corrected chi connectivity index (χ2v) is 6.13. The zero-order valence-corrected chi connectivity index (χ0v) is 12.6. The van der Waals surface area contributed by atoms with Crippen LogP contribution < -0.4 is 0 Å². The number of aromatic nitrogens is 1. The van der Waals surface area contributed by atoms with Crippen molar-refractivity contribution in [2.45, 2.75) is 53.3 Å². The van der Waals surface area contributed by atoms with Crippen molar-refractivity contribution >= 4 is 12.4 Å². The molecule has 5 nitrogen and oxygen atoms in total. The van der Waals surface area contributed by atoms with E-state index in [0.717, 1.165) is 28.7 Å². The number of fused-ring (bicyclic) bond motifs is 1. The second kappa shape index (κ2) is 4.89. The molecule has 2 rings (SSSR count). The molecular formula is C15H20N2O3. The maximum absolute atomic E-state index is 12.1. The normalized spacial score (nSPS) is 14.2. The fourth-order valence-corrected chi connectivity index (χ4v) is 2.27. The number of amides is 1. The van der Waals surface area contributed by atoms with Gasteiger partial charge in [0.15, 0.2) is 6.29 Å². The van der Waals surface area contributed by atoms with Crippen LogP contribution in [-0.4, -0.2) is 27.9 Å². The van der Waals surface area contributed by atoms with E-state index in [1.165, 1.54) is 0 Å². The molecule has 0 saturated carbocycles. The molecule has 0 fully saturated rings. The van der Waals surface area contributed by atoms with Crippen LogP contribution in [0.4, 0.5) is 4.79 Å². The summed E-state index contributed by atoms with van der Waals surface area (Å²) in [7, 11) is 0. The number of ether oxygens (including phenoxy) is 1. The van der Waals surface area contributed by atoms with Gasteiger partial charge >= 0.3 is 6.09 Å². The van der Waals surface area contributed by atoms with Crippen LogP contribution in [0.1, 0.15) is 53.6 Å². The van der Waals surface area contributed by atoms with Crippen LogP contribution in [0.2, 0.25) is 0 Å². The molecule has 0 spiro atoms. The van der Waals surface area contributed by atoms with Gasteiger partial charge < -0.3 is 4.74 Å². The first-order chi connectivity index (χ1) is 9.23. The van der Waals surface area contributed by atoms with Crippen molar-refractivity contribution in [2.24, 2.45) is 0 Å². The molecule has 1 aromatic rings. The van der Waals surface area contributed by atoms with Gasteiger partial charge in [-0.15, -0.1) is 0 Å². The van der Waals surface area contributed by atoms with Crippen LogP contribution in [0, 0.1) is 13.8 Å². The van der Waals surface area contributed by atoms with E-state index in [1.807, 2.05) is 34.6 Å². The summed E-state index contributed by atoms with van der Waals surface area (Å²) in [6, 6.07) is 0. The van der Waals surface area contributed by atoms with Crippen LogP contribution in [0.15, 0.2) is 0 Å². The van der Waals surface area contributed by atoms with Crippen molar-refractivity contribution in [2.75, 3.05) is 0 Å². The summed E-state index contributed by atoms with van der Waals surface area (Å²) in [6.07, 6.45) is 0.416. The Morgan fingerprint density at radius 2 is 1.90 bits per heavy atom. The molecule has 5 heteroatoms. The standard InChI is InChI=1S/C15H20N2O3/c1-9-10(2)13(8-18)16-12-7-17(6-11(9)12)14(19)20-15(3,4)5/h8H,6-7H2,1-5H3. The SMILES string of the molecule is Cc1c(C=O)nc2c(c1C)CN(C(=O)OC(C)(C)C)C2. The lowest BCUT2D eigenvalue weighted by atomic mass is 10.0. The van der Waals surface area contributed by atoms with Gasteiger partial charge in [-0.25, -0.2) is 9.78 Å². The van der Waals surface area contributed by atoms with Gasteiger partial charge in [-0.3, -0.25) is 9.69 Å². The molecule has 1 amide bonds. The van der Waals surface area contributed by atoms with E-state index in [0.29, 0.717) is 18.8 Å². The highest BCUT2D eigenvalue weighted by Crippen LogP contribution is 2.28. The number of carbonyl (C=O) groups is 2. The van der Waals surface area contributed by atoms with E-state index in [9.17, 15) is 9.59 Å². The maximum atomic E-state index is 12.1. The van der Waals surface area contributed by atoms with Crippen LogP contribution in [0.5, 0.6) is 0 Å². The fourth-order valence-electron chi connectivity index (χ4n) is 2.27. The lowest BCUT2D eigenvalue weighted by molar-refractivity contribution is 0.0240. The van der Waals surface area contributed by atoms with Crippen molar-refractivity contribution in [1.29, 1.82) is 0 Å². The summed E-state index contributed by atoms with van der Waals surface area (Å²) in [5.74, 6) is 0. The highest BCUT2D eigenvalue weighted by molar-refractivity contribution is 5.76. The first-order valence-electron chi connectivity index (χ1n) is 6.65. The summed E-state index contributed by atoms with van der Waals surface area (Å²) < 4.78 is 5.37. The highest BCUT2D eigenvalue weighted by Gasteiger charge is 2.30. The topological polar surface area (TPSA) is 59.5 Å². The predicted molar refractivity (Wildman–Crippen MR) is 74.6 cm³/mol. The van der Waals surface area contributed by atoms with E-state index in [2.05, 4.69) is 4.98 Å². The Bertz CT molecular complexity index is 573. The number of carbonyl (C=O) groups excluding carboxylic acids is 2.